The maximum Gasteiger partial charge on any atom is 0.270 e. The SMILES string of the molecule is CCCCn1c(C(=O)N2CCN(c3ccccn3)CC2)c(C)c2ccccc21. The average Bonchev–Trinajstić information content (AvgIpc) is 3.04. The van der Waals surface area contributed by atoms with Crippen LogP contribution in [0.25, 0.3) is 10.9 Å². The molecule has 2 aromatic heterocycles. The molecule has 0 radical (unpaired) electrons. The third-order valence-electron chi connectivity index (χ3n) is 5.70. The van der Waals surface area contributed by atoms with E-state index in [0.717, 1.165) is 62.6 Å². The highest BCUT2D eigenvalue weighted by Crippen LogP contribution is 2.27. The maximum atomic E-state index is 13.5. The largest absolute Gasteiger partial charge is 0.353 e. The van der Waals surface area contributed by atoms with Gasteiger partial charge < -0.3 is 14.4 Å². The molecule has 1 aliphatic rings. The van der Waals surface area contributed by atoms with Gasteiger partial charge in [-0.1, -0.05) is 37.6 Å². The summed E-state index contributed by atoms with van der Waals surface area (Å²) in [5, 5.41) is 1.19. The van der Waals surface area contributed by atoms with Gasteiger partial charge in [-0.25, -0.2) is 4.98 Å². The molecule has 5 heteroatoms. The highest BCUT2D eigenvalue weighted by molar-refractivity contribution is 6.01. The van der Waals surface area contributed by atoms with Gasteiger partial charge in [0.25, 0.3) is 5.91 Å². The molecule has 1 amide bonds. The fraction of sp³-hybridized carbons (Fsp3) is 0.391. The number of piperazine rings is 1. The van der Waals surface area contributed by atoms with Crippen LogP contribution in [-0.4, -0.2) is 46.5 Å². The summed E-state index contributed by atoms with van der Waals surface area (Å²) in [4.78, 5) is 22.2. The second-order valence-corrected chi connectivity index (χ2v) is 7.46. The van der Waals surface area contributed by atoms with Crippen molar-refractivity contribution < 1.29 is 4.79 Å². The number of carbonyl (C=O) groups excluding carboxylic acids is 1. The number of unbranched alkanes of at least 4 members (excludes halogenated alkanes) is 1. The zero-order valence-electron chi connectivity index (χ0n) is 16.8. The molecule has 3 heterocycles. The number of benzene rings is 1. The quantitative estimate of drug-likeness (QED) is 0.673. The Hall–Kier alpha value is -2.82. The fourth-order valence-electron chi connectivity index (χ4n) is 4.13. The minimum absolute atomic E-state index is 0.158. The van der Waals surface area contributed by atoms with E-state index in [1.54, 1.807) is 0 Å². The van der Waals surface area contributed by atoms with E-state index in [1.807, 2.05) is 29.3 Å². The van der Waals surface area contributed by atoms with E-state index in [1.165, 1.54) is 10.9 Å². The van der Waals surface area contributed by atoms with E-state index in [2.05, 4.69) is 52.6 Å². The molecule has 1 aliphatic heterocycles. The molecule has 1 saturated heterocycles. The van der Waals surface area contributed by atoms with Gasteiger partial charge in [-0.3, -0.25) is 4.79 Å². The molecule has 0 N–H and O–H groups in total. The summed E-state index contributed by atoms with van der Waals surface area (Å²) >= 11 is 0. The van der Waals surface area contributed by atoms with E-state index in [0.29, 0.717) is 0 Å². The van der Waals surface area contributed by atoms with Crippen molar-refractivity contribution in [3.05, 3.63) is 59.9 Å². The van der Waals surface area contributed by atoms with Crippen LogP contribution in [0.3, 0.4) is 0 Å². The van der Waals surface area contributed by atoms with Crippen LogP contribution in [0.2, 0.25) is 0 Å². The zero-order valence-corrected chi connectivity index (χ0v) is 16.8. The summed E-state index contributed by atoms with van der Waals surface area (Å²) in [7, 11) is 0. The van der Waals surface area contributed by atoms with Gasteiger partial charge >= 0.3 is 0 Å². The first-order valence-electron chi connectivity index (χ1n) is 10.2. The van der Waals surface area contributed by atoms with Crippen molar-refractivity contribution in [1.82, 2.24) is 14.5 Å². The molecule has 4 rings (SSSR count). The second-order valence-electron chi connectivity index (χ2n) is 7.46. The molecule has 0 unspecified atom stereocenters. The van der Waals surface area contributed by atoms with Gasteiger partial charge in [0.2, 0.25) is 0 Å². The minimum Gasteiger partial charge on any atom is -0.353 e. The summed E-state index contributed by atoms with van der Waals surface area (Å²) in [5.74, 6) is 1.15. The van der Waals surface area contributed by atoms with Crippen molar-refractivity contribution in [1.29, 1.82) is 0 Å². The number of pyridine rings is 1. The van der Waals surface area contributed by atoms with Crippen molar-refractivity contribution in [3.63, 3.8) is 0 Å². The molecule has 1 aromatic carbocycles. The summed E-state index contributed by atoms with van der Waals surface area (Å²) < 4.78 is 2.24. The van der Waals surface area contributed by atoms with E-state index >= 15 is 0 Å². The molecule has 3 aromatic rings. The lowest BCUT2D eigenvalue weighted by molar-refractivity contribution is 0.0735. The smallest absolute Gasteiger partial charge is 0.270 e. The highest BCUT2D eigenvalue weighted by atomic mass is 16.2. The molecule has 0 bridgehead atoms. The van der Waals surface area contributed by atoms with E-state index in [4.69, 9.17) is 0 Å². The van der Waals surface area contributed by atoms with Crippen LogP contribution in [0.15, 0.2) is 48.7 Å². The van der Waals surface area contributed by atoms with Crippen molar-refractivity contribution >= 4 is 22.6 Å². The lowest BCUT2D eigenvalue weighted by Crippen LogP contribution is -2.49. The standard InChI is InChI=1S/C23H28N4O/c1-3-4-13-27-20-10-6-5-9-19(20)18(2)22(27)23(28)26-16-14-25(15-17-26)21-11-7-8-12-24-21/h5-12H,3-4,13-17H2,1-2H3. The molecular weight excluding hydrogens is 348 g/mol. The minimum atomic E-state index is 0.158. The van der Waals surface area contributed by atoms with Crippen LogP contribution in [0.1, 0.15) is 35.8 Å². The lowest BCUT2D eigenvalue weighted by Gasteiger charge is -2.35. The Labute approximate surface area is 166 Å². The fourth-order valence-corrected chi connectivity index (χ4v) is 4.13. The third-order valence-corrected chi connectivity index (χ3v) is 5.70. The monoisotopic (exact) mass is 376 g/mol. The predicted molar refractivity (Wildman–Crippen MR) is 114 cm³/mol. The first-order valence-corrected chi connectivity index (χ1v) is 10.2. The molecule has 0 atom stereocenters. The van der Waals surface area contributed by atoms with Crippen molar-refractivity contribution in [2.75, 3.05) is 31.1 Å². The maximum absolute atomic E-state index is 13.5. The van der Waals surface area contributed by atoms with E-state index in [-0.39, 0.29) is 5.91 Å². The van der Waals surface area contributed by atoms with Crippen LogP contribution in [0.5, 0.6) is 0 Å². The second kappa shape index (κ2) is 8.05. The zero-order chi connectivity index (χ0) is 19.5. The van der Waals surface area contributed by atoms with Crippen LogP contribution in [-0.2, 0) is 6.54 Å². The van der Waals surface area contributed by atoms with Gasteiger partial charge in [0, 0.05) is 49.8 Å². The van der Waals surface area contributed by atoms with Gasteiger partial charge in [0.1, 0.15) is 11.5 Å². The Morgan fingerprint density at radius 2 is 1.79 bits per heavy atom. The number of rotatable bonds is 5. The molecule has 0 aliphatic carbocycles. The number of nitrogens with zero attached hydrogens (tertiary/aromatic N) is 4. The number of fused-ring (bicyclic) bond motifs is 1. The number of aryl methyl sites for hydroxylation is 2. The average molecular weight is 377 g/mol. The van der Waals surface area contributed by atoms with E-state index in [9.17, 15) is 4.79 Å². The van der Waals surface area contributed by atoms with Gasteiger partial charge in [-0.15, -0.1) is 0 Å². The van der Waals surface area contributed by atoms with Crippen LogP contribution in [0.4, 0.5) is 5.82 Å². The van der Waals surface area contributed by atoms with Gasteiger partial charge in [-0.05, 0) is 37.1 Å². The lowest BCUT2D eigenvalue weighted by atomic mass is 10.1. The predicted octanol–water partition coefficient (Wildman–Crippen LogP) is 4.11. The number of para-hydroxylation sites is 1. The Morgan fingerprint density at radius 3 is 2.50 bits per heavy atom. The number of hydrogen-bond donors (Lipinski definition) is 0. The van der Waals surface area contributed by atoms with Crippen LogP contribution < -0.4 is 4.90 Å². The number of aromatic nitrogens is 2. The number of carbonyl (C=O) groups is 1. The Kier molecular flexibility index (Phi) is 5.33. The normalized spacial score (nSPS) is 14.6. The first-order chi connectivity index (χ1) is 13.7. The summed E-state index contributed by atoms with van der Waals surface area (Å²) in [6, 6.07) is 14.3. The highest BCUT2D eigenvalue weighted by Gasteiger charge is 2.27. The number of anilines is 1. The van der Waals surface area contributed by atoms with Crippen LogP contribution >= 0.6 is 0 Å². The molecule has 28 heavy (non-hydrogen) atoms. The van der Waals surface area contributed by atoms with Gasteiger partial charge in [-0.2, -0.15) is 0 Å². The summed E-state index contributed by atoms with van der Waals surface area (Å²) in [6.45, 7) is 8.25. The topological polar surface area (TPSA) is 41.4 Å². The van der Waals surface area contributed by atoms with Crippen molar-refractivity contribution in [2.45, 2.75) is 33.2 Å². The molecule has 0 saturated carbocycles. The van der Waals surface area contributed by atoms with Crippen molar-refractivity contribution in [2.24, 2.45) is 0 Å². The number of hydrogen-bond acceptors (Lipinski definition) is 3. The molecule has 0 spiro atoms. The summed E-state index contributed by atoms with van der Waals surface area (Å²) in [6.07, 6.45) is 4.01. The van der Waals surface area contributed by atoms with Gasteiger partial charge in [0.15, 0.2) is 0 Å². The number of amides is 1. The Balaban J connectivity index is 1.58. The Morgan fingerprint density at radius 1 is 1.04 bits per heavy atom. The first kappa shape index (κ1) is 18.5. The summed E-state index contributed by atoms with van der Waals surface area (Å²) in [5.41, 5.74) is 3.13. The molecule has 5 nitrogen and oxygen atoms in total. The third kappa shape index (κ3) is 3.37. The van der Waals surface area contributed by atoms with Crippen LogP contribution in [0, 0.1) is 6.92 Å². The van der Waals surface area contributed by atoms with E-state index < -0.39 is 0 Å². The van der Waals surface area contributed by atoms with Crippen molar-refractivity contribution in [3.8, 4) is 0 Å². The molecule has 1 fully saturated rings. The molecule has 146 valence electrons. The Bertz CT molecular complexity index is 955. The molecular formula is C23H28N4O. The van der Waals surface area contributed by atoms with Gasteiger partial charge in [0.05, 0.1) is 0 Å².